The molecule has 1 fully saturated rings. The number of benzene rings is 2. The van der Waals surface area contributed by atoms with E-state index in [4.69, 9.17) is 4.42 Å². The van der Waals surface area contributed by atoms with E-state index in [1.54, 1.807) is 31.2 Å². The van der Waals surface area contributed by atoms with Crippen LogP contribution in [0.5, 0.6) is 5.75 Å². The van der Waals surface area contributed by atoms with Crippen LogP contribution in [0.15, 0.2) is 69.0 Å². The molecule has 0 saturated carbocycles. The largest absolute Gasteiger partial charge is 0.507 e. The van der Waals surface area contributed by atoms with E-state index in [-0.39, 0.29) is 17.2 Å². The summed E-state index contributed by atoms with van der Waals surface area (Å²) >= 11 is 0. The molecule has 1 aromatic heterocycles. The van der Waals surface area contributed by atoms with Crippen molar-refractivity contribution in [2.24, 2.45) is 11.1 Å². The number of piperidine rings is 1. The first-order valence-corrected chi connectivity index (χ1v) is 10.8. The van der Waals surface area contributed by atoms with E-state index in [9.17, 15) is 15.1 Å². The Labute approximate surface area is 181 Å². The lowest BCUT2D eigenvalue weighted by Gasteiger charge is -2.34. The maximum absolute atomic E-state index is 13.1. The number of para-hydroxylation sites is 1. The molecule has 2 unspecified atom stereocenters. The van der Waals surface area contributed by atoms with Gasteiger partial charge in [-0.05, 0) is 50.6 Å². The minimum absolute atomic E-state index is 0.0740. The van der Waals surface area contributed by atoms with Gasteiger partial charge in [0.1, 0.15) is 11.3 Å². The van der Waals surface area contributed by atoms with Crippen molar-refractivity contribution in [3.05, 3.63) is 76.1 Å². The van der Waals surface area contributed by atoms with E-state index in [2.05, 4.69) is 10.1 Å². The quantitative estimate of drug-likeness (QED) is 0.264. The van der Waals surface area contributed by atoms with E-state index in [0.717, 1.165) is 31.5 Å². The van der Waals surface area contributed by atoms with Gasteiger partial charge in [-0.3, -0.25) is 0 Å². The summed E-state index contributed by atoms with van der Waals surface area (Å²) in [7, 11) is 0. The Hall–Kier alpha value is -3.12. The lowest BCUT2D eigenvalue weighted by atomic mass is 9.78. The Morgan fingerprint density at radius 1 is 1.06 bits per heavy atom. The minimum atomic E-state index is -0.570. The molecule has 162 valence electrons. The van der Waals surface area contributed by atoms with Gasteiger partial charge in [0, 0.05) is 18.4 Å². The van der Waals surface area contributed by atoms with E-state index in [0.29, 0.717) is 23.2 Å². The maximum atomic E-state index is 13.1. The van der Waals surface area contributed by atoms with Gasteiger partial charge in [0.2, 0.25) is 0 Å². The fraction of sp³-hybridized carbons (Fsp3) is 0.360. The molecule has 0 bridgehead atoms. The van der Waals surface area contributed by atoms with Crippen molar-refractivity contribution in [3.63, 3.8) is 0 Å². The van der Waals surface area contributed by atoms with Crippen molar-refractivity contribution >= 4 is 16.7 Å². The van der Waals surface area contributed by atoms with Gasteiger partial charge in [0.05, 0.1) is 16.7 Å². The van der Waals surface area contributed by atoms with Gasteiger partial charge in [0.25, 0.3) is 0 Å². The van der Waals surface area contributed by atoms with E-state index >= 15 is 0 Å². The number of oxime groups is 1. The highest BCUT2D eigenvalue weighted by Crippen LogP contribution is 2.39. The highest BCUT2D eigenvalue weighted by Gasteiger charge is 2.35. The fourth-order valence-corrected chi connectivity index (χ4v) is 4.66. The van der Waals surface area contributed by atoms with Gasteiger partial charge in [-0.1, -0.05) is 54.0 Å². The number of rotatable bonds is 6. The van der Waals surface area contributed by atoms with Crippen molar-refractivity contribution in [2.75, 3.05) is 19.6 Å². The number of fused-ring (bicyclic) bond motifs is 1. The Kier molecular flexibility index (Phi) is 6.37. The van der Waals surface area contributed by atoms with Gasteiger partial charge in [0.15, 0.2) is 0 Å². The highest BCUT2D eigenvalue weighted by molar-refractivity contribution is 5.87. The van der Waals surface area contributed by atoms with Crippen LogP contribution in [0.1, 0.15) is 43.2 Å². The van der Waals surface area contributed by atoms with Crippen LogP contribution < -0.4 is 5.63 Å². The third-order valence-electron chi connectivity index (χ3n) is 6.29. The molecular weight excluding hydrogens is 392 g/mol. The molecule has 6 heteroatoms. The summed E-state index contributed by atoms with van der Waals surface area (Å²) in [5, 5.41) is 24.9. The Morgan fingerprint density at radius 2 is 1.74 bits per heavy atom. The molecule has 2 aromatic carbocycles. The minimum Gasteiger partial charge on any atom is -0.507 e. The Morgan fingerprint density at radius 3 is 2.45 bits per heavy atom. The second-order valence-corrected chi connectivity index (χ2v) is 8.25. The Balaban J connectivity index is 1.90. The van der Waals surface area contributed by atoms with Crippen LogP contribution in [-0.4, -0.2) is 40.6 Å². The molecule has 2 atom stereocenters. The van der Waals surface area contributed by atoms with Crippen LogP contribution in [0, 0.1) is 5.92 Å². The average molecular weight is 421 g/mol. The zero-order valence-electron chi connectivity index (χ0n) is 17.7. The topological polar surface area (TPSA) is 86.3 Å². The summed E-state index contributed by atoms with van der Waals surface area (Å²) in [4.78, 5) is 15.5. The number of hydrogen-bond donors (Lipinski definition) is 2. The van der Waals surface area contributed by atoms with Crippen molar-refractivity contribution in [2.45, 2.75) is 32.1 Å². The van der Waals surface area contributed by atoms with Gasteiger partial charge in [-0.2, -0.15) is 0 Å². The summed E-state index contributed by atoms with van der Waals surface area (Å²) in [6.07, 6.45) is 3.47. The predicted molar refractivity (Wildman–Crippen MR) is 121 cm³/mol. The van der Waals surface area contributed by atoms with E-state index < -0.39 is 11.5 Å². The van der Waals surface area contributed by atoms with Crippen LogP contribution in [0.4, 0.5) is 0 Å². The molecule has 2 heterocycles. The summed E-state index contributed by atoms with van der Waals surface area (Å²) in [5.41, 5.74) is 1.37. The molecule has 1 aliphatic heterocycles. The van der Waals surface area contributed by atoms with E-state index in [1.807, 2.05) is 30.3 Å². The molecule has 0 spiro atoms. The summed E-state index contributed by atoms with van der Waals surface area (Å²) < 4.78 is 5.60. The van der Waals surface area contributed by atoms with Crippen molar-refractivity contribution in [1.29, 1.82) is 0 Å². The van der Waals surface area contributed by atoms with Gasteiger partial charge in [-0.25, -0.2) is 4.79 Å². The molecule has 2 N–H and O–H groups in total. The summed E-state index contributed by atoms with van der Waals surface area (Å²) in [6.45, 7) is 4.33. The number of aromatic hydroxyl groups is 1. The molecule has 0 radical (unpaired) electrons. The summed E-state index contributed by atoms with van der Waals surface area (Å²) in [5.74, 6) is -0.893. The first-order chi connectivity index (χ1) is 15.1. The average Bonchev–Trinajstić information content (AvgIpc) is 2.81. The third kappa shape index (κ3) is 4.35. The molecule has 3 aromatic rings. The lowest BCUT2D eigenvalue weighted by molar-refractivity contribution is 0.204. The zero-order chi connectivity index (χ0) is 21.8. The monoisotopic (exact) mass is 420 g/mol. The number of nitrogens with zero attached hydrogens (tertiary/aromatic N) is 2. The molecule has 1 aliphatic rings. The lowest BCUT2D eigenvalue weighted by Crippen LogP contribution is -2.39. The molecule has 6 nitrogen and oxygen atoms in total. The van der Waals surface area contributed by atoms with Crippen LogP contribution >= 0.6 is 0 Å². The van der Waals surface area contributed by atoms with Crippen LogP contribution in [-0.2, 0) is 0 Å². The molecule has 4 rings (SSSR count). The number of hydrogen-bond acceptors (Lipinski definition) is 6. The van der Waals surface area contributed by atoms with Gasteiger partial charge in [-0.15, -0.1) is 0 Å². The molecule has 0 aliphatic carbocycles. The SMILES string of the molecule is C/C(=N\O)C(CN1CCCCC1)C(c1ccccc1)c1c(O)c2ccccc2oc1=O. The fourth-order valence-electron chi connectivity index (χ4n) is 4.66. The highest BCUT2D eigenvalue weighted by atomic mass is 16.4. The zero-order valence-corrected chi connectivity index (χ0v) is 17.7. The summed E-state index contributed by atoms with van der Waals surface area (Å²) in [6, 6.07) is 16.6. The maximum Gasteiger partial charge on any atom is 0.343 e. The van der Waals surface area contributed by atoms with Crippen LogP contribution in [0.3, 0.4) is 0 Å². The Bertz CT molecular complexity index is 1120. The van der Waals surface area contributed by atoms with Gasteiger partial charge >= 0.3 is 5.63 Å². The third-order valence-corrected chi connectivity index (χ3v) is 6.29. The smallest absolute Gasteiger partial charge is 0.343 e. The standard InChI is InChI=1S/C25H28N2O4/c1-17(26-30)20(16-27-14-8-3-9-15-27)22(18-10-4-2-5-11-18)23-24(28)19-12-6-7-13-21(19)31-25(23)29/h2,4-7,10-13,20,22,28,30H,3,8-9,14-16H2,1H3/b26-17+. The second kappa shape index (κ2) is 9.35. The van der Waals surface area contributed by atoms with Crippen LogP contribution in [0.25, 0.3) is 11.0 Å². The molecule has 31 heavy (non-hydrogen) atoms. The van der Waals surface area contributed by atoms with E-state index in [1.165, 1.54) is 6.42 Å². The van der Waals surface area contributed by atoms with Crippen molar-refractivity contribution in [1.82, 2.24) is 4.90 Å². The molecule has 0 amide bonds. The first-order valence-electron chi connectivity index (χ1n) is 10.8. The first kappa shape index (κ1) is 21.1. The van der Waals surface area contributed by atoms with Gasteiger partial charge < -0.3 is 19.6 Å². The normalized spacial score (nSPS) is 17.5. The predicted octanol–water partition coefficient (Wildman–Crippen LogP) is 4.58. The van der Waals surface area contributed by atoms with Crippen LogP contribution in [0.2, 0.25) is 0 Å². The number of likely N-dealkylation sites (tertiary alicyclic amines) is 1. The van der Waals surface area contributed by atoms with Crippen molar-refractivity contribution in [3.8, 4) is 5.75 Å². The second-order valence-electron chi connectivity index (χ2n) is 8.25. The van der Waals surface area contributed by atoms with Crippen molar-refractivity contribution < 1.29 is 14.7 Å². The molecule has 1 saturated heterocycles. The molecular formula is C25H28N2O4.